The number of carbonyl (C=O) groups is 1. The molecule has 0 spiro atoms. The number of benzene rings is 1. The van der Waals surface area contributed by atoms with Gasteiger partial charge in [0.15, 0.2) is 0 Å². The summed E-state index contributed by atoms with van der Waals surface area (Å²) in [6.45, 7) is 5.98. The van der Waals surface area contributed by atoms with Gasteiger partial charge in [0, 0.05) is 23.6 Å². The summed E-state index contributed by atoms with van der Waals surface area (Å²) in [5.74, 6) is 0. The fourth-order valence-electron chi connectivity index (χ4n) is 2.85. The van der Waals surface area contributed by atoms with E-state index in [1.807, 2.05) is 51.1 Å². The van der Waals surface area contributed by atoms with Crippen molar-refractivity contribution in [1.82, 2.24) is 20.1 Å². The number of nitrogens with zero attached hydrogens (tertiary/aromatic N) is 3. The van der Waals surface area contributed by atoms with E-state index in [1.165, 1.54) is 11.8 Å². The van der Waals surface area contributed by atoms with Crippen LogP contribution in [0.5, 0.6) is 0 Å². The van der Waals surface area contributed by atoms with Gasteiger partial charge in [-0.15, -0.1) is 0 Å². The predicted octanol–water partition coefficient (Wildman–Crippen LogP) is 5.95. The van der Waals surface area contributed by atoms with Crippen LogP contribution >= 0.6 is 35.0 Å². The largest absolute Gasteiger partial charge is 0.465 e. The van der Waals surface area contributed by atoms with Crippen molar-refractivity contribution in [2.75, 3.05) is 0 Å². The number of hydrogen-bond donors (Lipinski definition) is 2. The molecule has 158 valence electrons. The molecule has 2 heterocycles. The van der Waals surface area contributed by atoms with Crippen molar-refractivity contribution in [3.63, 3.8) is 0 Å². The third-order valence-corrected chi connectivity index (χ3v) is 6.01. The molecule has 2 aromatic heterocycles. The molecule has 3 aromatic rings. The maximum Gasteiger partial charge on any atom is 0.404 e. The molecule has 9 heteroatoms. The number of hydrogen-bond acceptors (Lipinski definition) is 4. The summed E-state index contributed by atoms with van der Waals surface area (Å²) in [4.78, 5) is 16.3. The molecule has 1 amide bonds. The lowest BCUT2D eigenvalue weighted by Gasteiger charge is -2.29. The summed E-state index contributed by atoms with van der Waals surface area (Å²) in [7, 11) is 0. The van der Waals surface area contributed by atoms with Crippen LogP contribution < -0.4 is 5.32 Å². The minimum atomic E-state index is -1.05. The van der Waals surface area contributed by atoms with Crippen molar-refractivity contribution in [3.8, 4) is 5.69 Å². The maximum absolute atomic E-state index is 11.3. The quantitative estimate of drug-likeness (QED) is 0.440. The number of para-hydroxylation sites is 1. The number of nitrogens with one attached hydrogen (secondary N) is 1. The molecule has 0 aliphatic heterocycles. The highest BCUT2D eigenvalue weighted by Gasteiger charge is 2.28. The highest BCUT2D eigenvalue weighted by atomic mass is 35.5. The van der Waals surface area contributed by atoms with Crippen molar-refractivity contribution in [2.24, 2.45) is 5.41 Å². The Bertz CT molecular complexity index is 1030. The Morgan fingerprint density at radius 1 is 1.23 bits per heavy atom. The number of pyridine rings is 1. The first-order valence-corrected chi connectivity index (χ1v) is 10.8. The Labute approximate surface area is 189 Å². The molecule has 1 aromatic carbocycles. The van der Waals surface area contributed by atoms with Gasteiger partial charge in [0.1, 0.15) is 10.2 Å². The van der Waals surface area contributed by atoms with Gasteiger partial charge in [-0.25, -0.2) is 14.5 Å². The van der Waals surface area contributed by atoms with Gasteiger partial charge in [0.25, 0.3) is 0 Å². The van der Waals surface area contributed by atoms with E-state index in [9.17, 15) is 9.90 Å². The highest BCUT2D eigenvalue weighted by Crippen LogP contribution is 2.33. The van der Waals surface area contributed by atoms with Crippen molar-refractivity contribution in [1.29, 1.82) is 0 Å². The van der Waals surface area contributed by atoms with Gasteiger partial charge in [-0.3, -0.25) is 0 Å². The molecule has 0 radical (unpaired) electrons. The molecule has 2 N–H and O–H groups in total. The van der Waals surface area contributed by atoms with Crippen LogP contribution in [0.2, 0.25) is 10.2 Å². The third-order valence-electron chi connectivity index (χ3n) is 4.49. The normalized spacial score (nSPS) is 12.6. The van der Waals surface area contributed by atoms with Crippen LogP contribution in [-0.2, 0) is 6.42 Å². The molecule has 0 bridgehead atoms. The van der Waals surface area contributed by atoms with Gasteiger partial charge in [0.2, 0.25) is 0 Å². The fraction of sp³-hybridized carbons (Fsp3) is 0.286. The van der Waals surface area contributed by atoms with Crippen LogP contribution in [-0.4, -0.2) is 32.0 Å². The Kier molecular flexibility index (Phi) is 6.95. The van der Waals surface area contributed by atoms with Crippen LogP contribution in [0.15, 0.2) is 58.6 Å². The van der Waals surface area contributed by atoms with E-state index in [-0.39, 0.29) is 11.5 Å². The first-order chi connectivity index (χ1) is 14.1. The van der Waals surface area contributed by atoms with Gasteiger partial charge in [-0.05, 0) is 35.7 Å². The monoisotopic (exact) mass is 464 g/mol. The average molecular weight is 465 g/mol. The predicted molar refractivity (Wildman–Crippen MR) is 120 cm³/mol. The molecule has 30 heavy (non-hydrogen) atoms. The summed E-state index contributed by atoms with van der Waals surface area (Å²) in [6, 6.07) is 12.7. The van der Waals surface area contributed by atoms with Crippen molar-refractivity contribution in [3.05, 3.63) is 64.5 Å². The molecule has 3 rings (SSSR count). The molecule has 1 unspecified atom stereocenters. The second kappa shape index (κ2) is 9.29. The maximum atomic E-state index is 11.3. The van der Waals surface area contributed by atoms with E-state index in [1.54, 1.807) is 23.0 Å². The Morgan fingerprint density at radius 3 is 2.57 bits per heavy atom. The zero-order chi connectivity index (χ0) is 21.9. The van der Waals surface area contributed by atoms with Crippen molar-refractivity contribution in [2.45, 2.75) is 43.2 Å². The smallest absolute Gasteiger partial charge is 0.404 e. The van der Waals surface area contributed by atoms with E-state index in [4.69, 9.17) is 28.3 Å². The molecule has 0 aliphatic rings. The minimum absolute atomic E-state index is 0.278. The summed E-state index contributed by atoms with van der Waals surface area (Å²) >= 11 is 13.8. The van der Waals surface area contributed by atoms with E-state index in [2.05, 4.69) is 10.3 Å². The Balaban J connectivity index is 2.00. The Morgan fingerprint density at radius 2 is 1.97 bits per heavy atom. The average Bonchev–Trinajstić information content (AvgIpc) is 3.04. The lowest BCUT2D eigenvalue weighted by atomic mass is 9.84. The minimum Gasteiger partial charge on any atom is -0.465 e. The van der Waals surface area contributed by atoms with Crippen LogP contribution in [0.4, 0.5) is 4.79 Å². The van der Waals surface area contributed by atoms with Crippen LogP contribution in [0.1, 0.15) is 26.5 Å². The van der Waals surface area contributed by atoms with Gasteiger partial charge >= 0.3 is 6.09 Å². The van der Waals surface area contributed by atoms with Gasteiger partial charge in [0.05, 0.1) is 16.4 Å². The topological polar surface area (TPSA) is 80.0 Å². The molecule has 0 fully saturated rings. The summed E-state index contributed by atoms with van der Waals surface area (Å²) in [6.07, 6.45) is 1.09. The fourth-order valence-corrected chi connectivity index (χ4v) is 4.09. The first kappa shape index (κ1) is 22.5. The second-order valence-corrected chi connectivity index (χ2v) is 9.72. The molecular weight excluding hydrogens is 443 g/mol. The summed E-state index contributed by atoms with van der Waals surface area (Å²) in [5, 5.41) is 18.4. The first-order valence-electron chi connectivity index (χ1n) is 9.26. The second-order valence-electron chi connectivity index (χ2n) is 7.83. The number of aromatic nitrogens is 3. The summed E-state index contributed by atoms with van der Waals surface area (Å²) < 4.78 is 1.78. The van der Waals surface area contributed by atoms with Gasteiger partial charge < -0.3 is 10.4 Å². The van der Waals surface area contributed by atoms with Gasteiger partial charge in [-0.2, -0.15) is 5.10 Å². The van der Waals surface area contributed by atoms with E-state index in [0.717, 1.165) is 21.3 Å². The zero-order valence-corrected chi connectivity index (χ0v) is 19.1. The van der Waals surface area contributed by atoms with Gasteiger partial charge in [-0.1, -0.05) is 67.9 Å². The van der Waals surface area contributed by atoms with E-state index >= 15 is 0 Å². The molecule has 0 aliphatic carbocycles. The number of rotatable bonds is 6. The van der Waals surface area contributed by atoms with Crippen molar-refractivity contribution < 1.29 is 9.90 Å². The highest BCUT2D eigenvalue weighted by molar-refractivity contribution is 7.99. The van der Waals surface area contributed by atoms with Crippen molar-refractivity contribution >= 4 is 41.1 Å². The number of amides is 1. The van der Waals surface area contributed by atoms with E-state index in [0.29, 0.717) is 16.6 Å². The lowest BCUT2D eigenvalue weighted by Crippen LogP contribution is -2.44. The molecule has 1 atom stereocenters. The molecule has 0 saturated heterocycles. The van der Waals surface area contributed by atoms with Crippen LogP contribution in [0.25, 0.3) is 5.69 Å². The SMILES string of the molecule is CC(C)(C)C(Cc1cc(Sc2ccc(Cl)nc2)n(-c2ccccc2Cl)n1)NC(=O)O. The molecular formula is C21H22Cl2N4O2S. The Hall–Kier alpha value is -2.22. The number of carboxylic acid groups (broad SMARTS) is 1. The van der Waals surface area contributed by atoms with Crippen LogP contribution in [0.3, 0.4) is 0 Å². The van der Waals surface area contributed by atoms with E-state index < -0.39 is 6.09 Å². The summed E-state index contributed by atoms with van der Waals surface area (Å²) in [5.41, 5.74) is 1.22. The molecule has 6 nitrogen and oxygen atoms in total. The molecule has 0 saturated carbocycles. The standard InChI is InChI=1S/C21H22Cl2N4O2S/c1-21(2,3)17(25-20(28)29)10-13-11-19(30-14-8-9-18(23)24-12-14)27(26-13)16-7-5-4-6-15(16)22/h4-9,11-12,17,25H,10H2,1-3H3,(H,28,29). The number of halogens is 2. The lowest BCUT2D eigenvalue weighted by molar-refractivity contribution is 0.174. The zero-order valence-electron chi connectivity index (χ0n) is 16.8. The third kappa shape index (κ3) is 5.68. The van der Waals surface area contributed by atoms with Crippen LogP contribution in [0, 0.1) is 5.41 Å².